The molecule has 4 nitrogen and oxygen atoms in total. The molecule has 134 valence electrons. The van der Waals surface area contributed by atoms with E-state index in [9.17, 15) is 9.59 Å². The quantitative estimate of drug-likeness (QED) is 0.793. The highest BCUT2D eigenvalue weighted by molar-refractivity contribution is 6.31. The fraction of sp³-hybridized carbons (Fsp3) is 0.238. The maximum absolute atomic E-state index is 12.1. The van der Waals surface area contributed by atoms with Gasteiger partial charge in [0, 0.05) is 35.4 Å². The van der Waals surface area contributed by atoms with Crippen molar-refractivity contribution in [1.82, 2.24) is 0 Å². The monoisotopic (exact) mass is 368 g/mol. The van der Waals surface area contributed by atoms with Crippen molar-refractivity contribution >= 4 is 40.9 Å². The lowest BCUT2D eigenvalue weighted by Gasteiger charge is -2.19. The maximum atomic E-state index is 12.1. The largest absolute Gasteiger partial charge is 0.323 e. The molecule has 1 N–H and O–H groups in total. The average Bonchev–Trinajstić information content (AvgIpc) is 3.02. The lowest BCUT2D eigenvalue weighted by molar-refractivity contribution is -0.117. The van der Waals surface area contributed by atoms with Gasteiger partial charge in [-0.05, 0) is 67.3 Å². The number of halogens is 1. The van der Waals surface area contributed by atoms with Crippen LogP contribution in [0.1, 0.15) is 29.5 Å². The van der Waals surface area contributed by atoms with Crippen molar-refractivity contribution in [2.24, 2.45) is 0 Å². The normalized spacial score (nSPS) is 14.3. The molecule has 0 aliphatic carbocycles. The molecule has 0 bridgehead atoms. The summed E-state index contributed by atoms with van der Waals surface area (Å²) in [6, 6.07) is 11.3. The summed E-state index contributed by atoms with van der Waals surface area (Å²) in [5.41, 5.74) is 4.45. The number of hydrogen-bond donors (Lipinski definition) is 1. The Bertz CT molecular complexity index is 890. The molecule has 26 heavy (non-hydrogen) atoms. The number of hydrogen-bond acceptors (Lipinski definition) is 2. The second-order valence-corrected chi connectivity index (χ2v) is 6.89. The molecule has 2 amide bonds. The minimum atomic E-state index is -0.217. The fourth-order valence-electron chi connectivity index (χ4n) is 3.01. The smallest absolute Gasteiger partial charge is 0.248 e. The number of amides is 2. The predicted molar refractivity (Wildman–Crippen MR) is 107 cm³/mol. The lowest BCUT2D eigenvalue weighted by Crippen LogP contribution is -2.24. The summed E-state index contributed by atoms with van der Waals surface area (Å²) in [5.74, 6) is -0.0596. The first-order valence-electron chi connectivity index (χ1n) is 8.60. The van der Waals surface area contributed by atoms with E-state index < -0.39 is 0 Å². The molecule has 0 unspecified atom stereocenters. The highest BCUT2D eigenvalue weighted by Gasteiger charge is 2.22. The van der Waals surface area contributed by atoms with Crippen LogP contribution in [0.4, 0.5) is 11.4 Å². The number of nitrogens with zero attached hydrogens (tertiary/aromatic N) is 1. The zero-order valence-electron chi connectivity index (χ0n) is 14.9. The van der Waals surface area contributed by atoms with E-state index in [1.54, 1.807) is 6.08 Å². The molecular formula is C21H21ClN2O2. The van der Waals surface area contributed by atoms with E-state index in [1.807, 2.05) is 55.1 Å². The van der Waals surface area contributed by atoms with Crippen molar-refractivity contribution in [3.05, 3.63) is 64.2 Å². The second-order valence-electron chi connectivity index (χ2n) is 6.48. The molecular weight excluding hydrogens is 348 g/mol. The number of nitrogens with one attached hydrogen (secondary N) is 1. The summed E-state index contributed by atoms with van der Waals surface area (Å²) in [5, 5.41) is 3.52. The Labute approximate surface area is 158 Å². The Hall–Kier alpha value is -2.59. The average molecular weight is 369 g/mol. The van der Waals surface area contributed by atoms with Crippen LogP contribution in [0.25, 0.3) is 6.08 Å². The number of rotatable bonds is 4. The highest BCUT2D eigenvalue weighted by Crippen LogP contribution is 2.27. The molecule has 5 heteroatoms. The molecule has 2 aromatic carbocycles. The third-order valence-electron chi connectivity index (χ3n) is 4.45. The van der Waals surface area contributed by atoms with Crippen LogP contribution in [0.3, 0.4) is 0 Å². The van der Waals surface area contributed by atoms with Gasteiger partial charge >= 0.3 is 0 Å². The van der Waals surface area contributed by atoms with Crippen LogP contribution >= 0.6 is 11.6 Å². The standard InChI is InChI=1S/C21H21ClN2O2/c1-14-5-6-16(13-18(14)22)7-10-20(25)23-17-8-9-19(15(2)12-17)24-11-3-4-21(24)26/h5-10,12-13H,3-4,11H2,1-2H3,(H,23,25)/b10-7+. The van der Waals surface area contributed by atoms with Gasteiger partial charge in [0.2, 0.25) is 11.8 Å². The zero-order valence-corrected chi connectivity index (χ0v) is 15.6. The molecule has 1 saturated heterocycles. The minimum absolute atomic E-state index is 0.157. The number of benzene rings is 2. The molecule has 1 aliphatic heterocycles. The summed E-state index contributed by atoms with van der Waals surface area (Å²) in [6.07, 6.45) is 4.70. The Balaban J connectivity index is 1.67. The maximum Gasteiger partial charge on any atom is 0.248 e. The lowest BCUT2D eigenvalue weighted by atomic mass is 10.1. The third kappa shape index (κ3) is 4.14. The van der Waals surface area contributed by atoms with Crippen molar-refractivity contribution in [3.8, 4) is 0 Å². The van der Waals surface area contributed by atoms with Crippen molar-refractivity contribution in [1.29, 1.82) is 0 Å². The molecule has 0 radical (unpaired) electrons. The Morgan fingerprint density at radius 2 is 1.96 bits per heavy atom. The molecule has 0 atom stereocenters. The minimum Gasteiger partial charge on any atom is -0.323 e. The number of carbonyl (C=O) groups is 2. The summed E-state index contributed by atoms with van der Waals surface area (Å²) in [6.45, 7) is 4.64. The fourth-order valence-corrected chi connectivity index (χ4v) is 3.20. The molecule has 0 spiro atoms. The number of carbonyl (C=O) groups excluding carboxylic acids is 2. The summed E-state index contributed by atoms with van der Waals surface area (Å²) >= 11 is 6.09. The van der Waals surface area contributed by atoms with Crippen LogP contribution in [-0.4, -0.2) is 18.4 Å². The SMILES string of the molecule is Cc1ccc(/C=C/C(=O)Nc2ccc(N3CCCC3=O)c(C)c2)cc1Cl. The topological polar surface area (TPSA) is 49.4 Å². The van der Waals surface area contributed by atoms with Gasteiger partial charge in [0.1, 0.15) is 0 Å². The Morgan fingerprint density at radius 3 is 2.62 bits per heavy atom. The van der Waals surface area contributed by atoms with E-state index in [0.29, 0.717) is 17.1 Å². The van der Waals surface area contributed by atoms with Crippen molar-refractivity contribution < 1.29 is 9.59 Å². The molecule has 0 saturated carbocycles. The van der Waals surface area contributed by atoms with Crippen LogP contribution < -0.4 is 10.2 Å². The van der Waals surface area contributed by atoms with Crippen LogP contribution in [0.15, 0.2) is 42.5 Å². The van der Waals surface area contributed by atoms with Gasteiger partial charge in [-0.3, -0.25) is 9.59 Å². The van der Waals surface area contributed by atoms with Crippen LogP contribution in [0, 0.1) is 13.8 Å². The first kappa shape index (κ1) is 18.2. The Kier molecular flexibility index (Phi) is 5.43. The first-order chi connectivity index (χ1) is 12.4. The van der Waals surface area contributed by atoms with E-state index in [2.05, 4.69) is 5.32 Å². The number of aryl methyl sites for hydroxylation is 2. The van der Waals surface area contributed by atoms with E-state index >= 15 is 0 Å². The van der Waals surface area contributed by atoms with Gasteiger partial charge in [-0.15, -0.1) is 0 Å². The highest BCUT2D eigenvalue weighted by atomic mass is 35.5. The second kappa shape index (κ2) is 7.75. The molecule has 1 aliphatic rings. The summed E-state index contributed by atoms with van der Waals surface area (Å²) in [7, 11) is 0. The van der Waals surface area contributed by atoms with Crippen molar-refractivity contribution in [2.45, 2.75) is 26.7 Å². The van der Waals surface area contributed by atoms with Gasteiger partial charge in [0.25, 0.3) is 0 Å². The summed E-state index contributed by atoms with van der Waals surface area (Å²) < 4.78 is 0. The Morgan fingerprint density at radius 1 is 1.15 bits per heavy atom. The summed E-state index contributed by atoms with van der Waals surface area (Å²) in [4.78, 5) is 25.8. The van der Waals surface area contributed by atoms with Gasteiger partial charge in [-0.25, -0.2) is 0 Å². The number of anilines is 2. The predicted octanol–water partition coefficient (Wildman–Crippen LogP) is 4.74. The van der Waals surface area contributed by atoms with E-state index in [1.165, 1.54) is 6.08 Å². The van der Waals surface area contributed by atoms with Crippen molar-refractivity contribution in [2.75, 3.05) is 16.8 Å². The van der Waals surface area contributed by atoms with Gasteiger partial charge in [-0.1, -0.05) is 23.7 Å². The first-order valence-corrected chi connectivity index (χ1v) is 8.98. The molecule has 3 rings (SSSR count). The van der Waals surface area contributed by atoms with E-state index in [-0.39, 0.29) is 11.8 Å². The van der Waals surface area contributed by atoms with Gasteiger partial charge in [0.15, 0.2) is 0 Å². The van der Waals surface area contributed by atoms with Crippen LogP contribution in [0.5, 0.6) is 0 Å². The van der Waals surface area contributed by atoms with E-state index in [4.69, 9.17) is 11.6 Å². The van der Waals surface area contributed by atoms with Gasteiger partial charge in [0.05, 0.1) is 0 Å². The molecule has 0 aromatic heterocycles. The van der Waals surface area contributed by atoms with Crippen LogP contribution in [0.2, 0.25) is 5.02 Å². The molecule has 2 aromatic rings. The van der Waals surface area contributed by atoms with Gasteiger partial charge in [-0.2, -0.15) is 0 Å². The molecule has 1 fully saturated rings. The zero-order chi connectivity index (χ0) is 18.7. The van der Waals surface area contributed by atoms with Gasteiger partial charge < -0.3 is 10.2 Å². The third-order valence-corrected chi connectivity index (χ3v) is 4.86. The van der Waals surface area contributed by atoms with Crippen LogP contribution in [-0.2, 0) is 9.59 Å². The van der Waals surface area contributed by atoms with Crippen molar-refractivity contribution in [3.63, 3.8) is 0 Å². The molecule has 1 heterocycles. The van der Waals surface area contributed by atoms with E-state index in [0.717, 1.165) is 35.3 Å².